The molecular weight excluding hydrogens is 474 g/mol. The Hall–Kier alpha value is -4.90. The molecule has 0 saturated carbocycles. The first-order valence-electron chi connectivity index (χ1n) is 12.2. The van der Waals surface area contributed by atoms with Gasteiger partial charge in [-0.25, -0.2) is 0 Å². The Bertz CT molecular complexity index is 1330. The molecule has 0 aromatic heterocycles. The van der Waals surface area contributed by atoms with Crippen LogP contribution >= 0.6 is 0 Å². The molecule has 5 rings (SSSR count). The third-order valence-electron chi connectivity index (χ3n) is 6.07. The molecule has 0 atom stereocenters. The van der Waals surface area contributed by atoms with Crippen molar-refractivity contribution in [1.82, 2.24) is 0 Å². The van der Waals surface area contributed by atoms with Crippen LogP contribution in [0.2, 0.25) is 0 Å². The minimum Gasteiger partial charge on any atom is -0.508 e. The van der Waals surface area contributed by atoms with Crippen molar-refractivity contribution in [2.75, 3.05) is 19.5 Å². The minimum absolute atomic E-state index is 0.0763. The van der Waals surface area contributed by atoms with E-state index in [-0.39, 0.29) is 17.4 Å². The van der Waals surface area contributed by atoms with E-state index in [4.69, 9.17) is 9.47 Å². The number of hydrogen-bond donors (Lipinski definition) is 3. The van der Waals surface area contributed by atoms with Crippen LogP contribution in [0.5, 0.6) is 23.0 Å². The Labute approximate surface area is 223 Å². The monoisotopic (exact) mass is 505 g/mol. The molecule has 0 fully saturated rings. The average molecular weight is 506 g/mol. The molecule has 3 N–H and O–H groups in total. The summed E-state index contributed by atoms with van der Waals surface area (Å²) in [6, 6.07) is 40.3. The molecule has 0 spiro atoms. The zero-order valence-electron chi connectivity index (χ0n) is 21.4. The van der Waals surface area contributed by atoms with Crippen molar-refractivity contribution in [2.45, 2.75) is 5.92 Å². The number of methoxy groups -OCH3 is 2. The van der Waals surface area contributed by atoms with Gasteiger partial charge in [-0.1, -0.05) is 78.9 Å². The number of nitrogens with one attached hydrogen (secondary N) is 1. The number of phenols is 2. The summed E-state index contributed by atoms with van der Waals surface area (Å²) >= 11 is 0. The Morgan fingerprint density at radius 2 is 0.842 bits per heavy atom. The first-order valence-corrected chi connectivity index (χ1v) is 12.2. The van der Waals surface area contributed by atoms with Gasteiger partial charge < -0.3 is 25.0 Å². The number of para-hydroxylation sites is 4. The van der Waals surface area contributed by atoms with Gasteiger partial charge in [0.1, 0.15) is 23.0 Å². The molecule has 5 aromatic rings. The molecule has 0 heterocycles. The summed E-state index contributed by atoms with van der Waals surface area (Å²) in [5.41, 5.74) is 5.21. The first-order chi connectivity index (χ1) is 18.6. The Balaban J connectivity index is 0.000000181. The lowest BCUT2D eigenvalue weighted by Crippen LogP contribution is -2.02. The van der Waals surface area contributed by atoms with E-state index in [0.29, 0.717) is 0 Å². The molecule has 5 nitrogen and oxygen atoms in total. The lowest BCUT2D eigenvalue weighted by Gasteiger charge is -2.19. The fourth-order valence-corrected chi connectivity index (χ4v) is 4.20. The summed E-state index contributed by atoms with van der Waals surface area (Å²) < 4.78 is 10.6. The topological polar surface area (TPSA) is 71.0 Å². The summed E-state index contributed by atoms with van der Waals surface area (Å²) in [6.07, 6.45) is 0. The van der Waals surface area contributed by atoms with E-state index < -0.39 is 0 Å². The highest BCUT2D eigenvalue weighted by molar-refractivity contribution is 5.70. The lowest BCUT2D eigenvalue weighted by molar-refractivity contribution is 0.414. The van der Waals surface area contributed by atoms with Crippen molar-refractivity contribution in [1.29, 1.82) is 0 Å². The van der Waals surface area contributed by atoms with Crippen molar-refractivity contribution < 1.29 is 19.7 Å². The van der Waals surface area contributed by atoms with Crippen LogP contribution in [0.3, 0.4) is 0 Å². The van der Waals surface area contributed by atoms with Crippen LogP contribution in [0.4, 0.5) is 11.4 Å². The quantitative estimate of drug-likeness (QED) is 0.198. The predicted molar refractivity (Wildman–Crippen MR) is 153 cm³/mol. The second-order valence-electron chi connectivity index (χ2n) is 8.55. The van der Waals surface area contributed by atoms with Crippen LogP contribution in [0.25, 0.3) is 0 Å². The third kappa shape index (κ3) is 6.65. The smallest absolute Gasteiger partial charge is 0.142 e. The third-order valence-corrected chi connectivity index (χ3v) is 6.07. The normalized spacial score (nSPS) is 10.3. The maximum atomic E-state index is 9.48. The largest absolute Gasteiger partial charge is 0.508 e. The van der Waals surface area contributed by atoms with Crippen LogP contribution < -0.4 is 14.8 Å². The highest BCUT2D eigenvalue weighted by Crippen LogP contribution is 2.34. The van der Waals surface area contributed by atoms with Gasteiger partial charge in [0.15, 0.2) is 0 Å². The van der Waals surface area contributed by atoms with Crippen LogP contribution in [0, 0.1) is 0 Å². The molecule has 5 heteroatoms. The fraction of sp³-hybridized carbons (Fsp3) is 0.0909. The van der Waals surface area contributed by atoms with E-state index in [2.05, 4.69) is 17.4 Å². The SMILES string of the molecule is COc1ccccc1Nc1ccccc1OC.Oc1ccc(C(c2ccccc2)c2ccc(O)cc2)cc1. The van der Waals surface area contributed by atoms with E-state index in [1.54, 1.807) is 38.5 Å². The van der Waals surface area contributed by atoms with Gasteiger partial charge in [-0.15, -0.1) is 0 Å². The molecule has 0 unspecified atom stereocenters. The molecule has 0 radical (unpaired) electrons. The molecule has 0 aliphatic heterocycles. The molecule has 0 saturated heterocycles. The standard InChI is InChI=1S/C19H16O2.C14H15NO2/c20-17-10-6-15(7-11-17)19(14-4-2-1-3-5-14)16-8-12-18(21)13-9-16;1-16-13-9-5-3-7-11(13)15-12-8-4-6-10-14(12)17-2/h1-13,19-21H;3-10,15H,1-2H3. The van der Waals surface area contributed by atoms with Gasteiger partial charge in [-0.05, 0) is 65.2 Å². The van der Waals surface area contributed by atoms with Crippen molar-refractivity contribution in [3.63, 3.8) is 0 Å². The van der Waals surface area contributed by atoms with Crippen LogP contribution in [-0.2, 0) is 0 Å². The van der Waals surface area contributed by atoms with E-state index in [0.717, 1.165) is 34.0 Å². The van der Waals surface area contributed by atoms with Gasteiger partial charge in [-0.2, -0.15) is 0 Å². The second kappa shape index (κ2) is 12.9. The van der Waals surface area contributed by atoms with Crippen molar-refractivity contribution >= 4 is 11.4 Å². The zero-order chi connectivity index (χ0) is 26.7. The number of rotatable bonds is 7. The van der Waals surface area contributed by atoms with Gasteiger partial charge in [0.05, 0.1) is 25.6 Å². The van der Waals surface area contributed by atoms with E-state index in [9.17, 15) is 10.2 Å². The van der Waals surface area contributed by atoms with Crippen LogP contribution in [0.15, 0.2) is 127 Å². The zero-order valence-corrected chi connectivity index (χ0v) is 21.4. The number of phenolic OH excluding ortho intramolecular Hbond substituents is 2. The Kier molecular flexibility index (Phi) is 8.87. The molecule has 5 aromatic carbocycles. The van der Waals surface area contributed by atoms with Crippen molar-refractivity contribution in [3.8, 4) is 23.0 Å². The van der Waals surface area contributed by atoms with Gasteiger partial charge in [0, 0.05) is 5.92 Å². The fourth-order valence-electron chi connectivity index (χ4n) is 4.20. The molecule has 0 bridgehead atoms. The van der Waals surface area contributed by atoms with Gasteiger partial charge in [0.25, 0.3) is 0 Å². The van der Waals surface area contributed by atoms with Gasteiger partial charge >= 0.3 is 0 Å². The molecular formula is C33H31NO4. The Morgan fingerprint density at radius 1 is 0.474 bits per heavy atom. The summed E-state index contributed by atoms with van der Waals surface area (Å²) in [5.74, 6) is 2.21. The number of benzene rings is 5. The first kappa shape index (κ1) is 26.2. The maximum absolute atomic E-state index is 9.48. The summed E-state index contributed by atoms with van der Waals surface area (Å²) in [6.45, 7) is 0. The number of aromatic hydroxyl groups is 2. The number of hydrogen-bond acceptors (Lipinski definition) is 5. The molecule has 0 aliphatic rings. The molecule has 192 valence electrons. The van der Waals surface area contributed by atoms with Gasteiger partial charge in [0.2, 0.25) is 0 Å². The van der Waals surface area contributed by atoms with E-state index in [1.165, 1.54) is 5.56 Å². The molecule has 0 aliphatic carbocycles. The number of ether oxygens (including phenoxy) is 2. The lowest BCUT2D eigenvalue weighted by atomic mass is 9.85. The summed E-state index contributed by atoms with van der Waals surface area (Å²) in [7, 11) is 3.31. The van der Waals surface area contributed by atoms with Gasteiger partial charge in [-0.3, -0.25) is 0 Å². The van der Waals surface area contributed by atoms with Crippen LogP contribution in [0.1, 0.15) is 22.6 Å². The maximum Gasteiger partial charge on any atom is 0.142 e. The van der Waals surface area contributed by atoms with E-state index in [1.807, 2.05) is 91.0 Å². The summed E-state index contributed by atoms with van der Waals surface area (Å²) in [4.78, 5) is 0. The predicted octanol–water partition coefficient (Wildman–Crippen LogP) is 7.73. The highest BCUT2D eigenvalue weighted by atomic mass is 16.5. The minimum atomic E-state index is 0.0763. The second-order valence-corrected chi connectivity index (χ2v) is 8.55. The summed E-state index contributed by atoms with van der Waals surface area (Å²) in [5, 5.41) is 22.3. The highest BCUT2D eigenvalue weighted by Gasteiger charge is 2.16. The number of anilines is 2. The van der Waals surface area contributed by atoms with Crippen LogP contribution in [-0.4, -0.2) is 24.4 Å². The average Bonchev–Trinajstić information content (AvgIpc) is 2.97. The molecule has 0 amide bonds. The molecule has 38 heavy (non-hydrogen) atoms. The Morgan fingerprint density at radius 3 is 1.26 bits per heavy atom. The van der Waals surface area contributed by atoms with Crippen molar-refractivity contribution in [3.05, 3.63) is 144 Å². The van der Waals surface area contributed by atoms with Crippen molar-refractivity contribution in [2.24, 2.45) is 0 Å². The van der Waals surface area contributed by atoms with E-state index >= 15 is 0 Å².